The van der Waals surface area contributed by atoms with Crippen molar-refractivity contribution in [3.63, 3.8) is 0 Å². The van der Waals surface area contributed by atoms with Crippen molar-refractivity contribution in [1.82, 2.24) is 9.88 Å². The number of nitrogens with two attached hydrogens (primary N) is 1. The predicted octanol–water partition coefficient (Wildman–Crippen LogP) is 6.22. The molecule has 0 saturated heterocycles. The molecule has 7 nitrogen and oxygen atoms in total. The van der Waals surface area contributed by atoms with E-state index < -0.39 is 5.41 Å². The molecule has 0 radical (unpaired) electrons. The molecule has 214 valence electrons. The molecule has 0 unspecified atom stereocenters. The second kappa shape index (κ2) is 12.3. The van der Waals surface area contributed by atoms with Crippen LogP contribution < -0.4 is 15.8 Å². The fourth-order valence-corrected chi connectivity index (χ4v) is 5.77. The van der Waals surface area contributed by atoms with Crippen LogP contribution in [0.2, 0.25) is 0 Å². The quantitative estimate of drug-likeness (QED) is 0.244. The molecule has 4 rings (SSSR count). The molecule has 40 heavy (non-hydrogen) atoms. The monoisotopic (exact) mass is 544 g/mol. The highest BCUT2D eigenvalue weighted by Crippen LogP contribution is 2.45. The number of benzene rings is 2. The number of aryl methyl sites for hydroxylation is 1. The van der Waals surface area contributed by atoms with Crippen molar-refractivity contribution < 1.29 is 14.3 Å². The average Bonchev–Trinajstić information content (AvgIpc) is 3.11. The Labute approximate surface area is 239 Å². The average molecular weight is 545 g/mol. The Morgan fingerprint density at radius 1 is 1.23 bits per heavy atom. The Bertz CT molecular complexity index is 1350. The van der Waals surface area contributed by atoms with Crippen LogP contribution in [0.5, 0.6) is 5.75 Å². The number of fused-ring (bicyclic) bond motifs is 1. The summed E-state index contributed by atoms with van der Waals surface area (Å²) in [5, 5.41) is 3.17. The first-order chi connectivity index (χ1) is 19.1. The van der Waals surface area contributed by atoms with E-state index in [4.69, 9.17) is 15.2 Å². The molecule has 0 aliphatic carbocycles. The summed E-state index contributed by atoms with van der Waals surface area (Å²) in [6.45, 7) is 14.8. The molecule has 7 heteroatoms. The molecule has 2 heterocycles. The van der Waals surface area contributed by atoms with Gasteiger partial charge < -0.3 is 20.5 Å². The van der Waals surface area contributed by atoms with E-state index >= 15 is 0 Å². The van der Waals surface area contributed by atoms with E-state index in [2.05, 4.69) is 53.3 Å². The van der Waals surface area contributed by atoms with Gasteiger partial charge in [0.25, 0.3) is 0 Å². The maximum Gasteiger partial charge on any atom is 0.312 e. The number of hydrogen-bond donors (Lipinski definition) is 2. The number of nitrogens with one attached hydrogen (secondary N) is 1. The Morgan fingerprint density at radius 2 is 2.00 bits per heavy atom. The van der Waals surface area contributed by atoms with Crippen LogP contribution in [0, 0.1) is 19.3 Å². The van der Waals surface area contributed by atoms with Crippen molar-refractivity contribution in [1.29, 1.82) is 0 Å². The summed E-state index contributed by atoms with van der Waals surface area (Å²) in [4.78, 5) is 20.1. The third-order valence-electron chi connectivity index (χ3n) is 8.22. The number of aromatic nitrogens is 1. The van der Waals surface area contributed by atoms with Crippen LogP contribution in [0.15, 0.2) is 48.8 Å². The highest BCUT2D eigenvalue weighted by molar-refractivity contribution is 5.80. The lowest BCUT2D eigenvalue weighted by molar-refractivity contribution is -0.154. The van der Waals surface area contributed by atoms with Crippen LogP contribution >= 0.6 is 0 Å². The zero-order valence-electron chi connectivity index (χ0n) is 25.0. The number of carbonyl (C=O) groups is 1. The van der Waals surface area contributed by atoms with Crippen molar-refractivity contribution in [2.24, 2.45) is 5.41 Å². The van der Waals surface area contributed by atoms with E-state index in [-0.39, 0.29) is 18.0 Å². The Kier molecular flexibility index (Phi) is 9.04. The highest BCUT2D eigenvalue weighted by atomic mass is 16.5. The summed E-state index contributed by atoms with van der Waals surface area (Å²) >= 11 is 0. The lowest BCUT2D eigenvalue weighted by atomic mass is 9.69. The van der Waals surface area contributed by atoms with E-state index in [1.54, 1.807) is 6.20 Å². The van der Waals surface area contributed by atoms with Gasteiger partial charge in [-0.05, 0) is 81.0 Å². The number of pyridine rings is 1. The van der Waals surface area contributed by atoms with Crippen LogP contribution in [0.1, 0.15) is 73.4 Å². The molecule has 0 fully saturated rings. The molecule has 0 bridgehead atoms. The first kappa shape index (κ1) is 29.4. The fraction of sp³-hybridized carbons (Fsp3) is 0.455. The number of carbonyl (C=O) groups excluding carboxylic acids is 1. The van der Waals surface area contributed by atoms with Gasteiger partial charge in [0.1, 0.15) is 11.9 Å². The number of ether oxygens (including phenoxy) is 2. The second-order valence-electron chi connectivity index (χ2n) is 11.4. The van der Waals surface area contributed by atoms with Crippen molar-refractivity contribution in [2.45, 2.75) is 73.1 Å². The van der Waals surface area contributed by atoms with Gasteiger partial charge in [-0.15, -0.1) is 0 Å². The van der Waals surface area contributed by atoms with Gasteiger partial charge in [-0.2, -0.15) is 0 Å². The lowest BCUT2D eigenvalue weighted by Gasteiger charge is -2.35. The minimum Gasteiger partial charge on any atom is -0.489 e. The van der Waals surface area contributed by atoms with E-state index in [0.29, 0.717) is 12.3 Å². The standard InChI is InChI=1S/C33H44N4O3/c1-8-26-20-37(19-25-17-36-15-14-29(25)40-26)18-24-16-23(11-10-21(24)3)30(33(5,6)32(38)39-9-2)27-12-13-28(35-7)31(34)22(27)4/h10-17,26,30,35H,8-9,18-20,34H2,1-7H3/t26-,30+/m1/s1. The van der Waals surface area contributed by atoms with Crippen molar-refractivity contribution in [2.75, 3.05) is 31.2 Å². The molecule has 2 aromatic carbocycles. The molecule has 3 N–H and O–H groups in total. The summed E-state index contributed by atoms with van der Waals surface area (Å²) in [7, 11) is 1.86. The number of hydrogen-bond acceptors (Lipinski definition) is 7. The molecule has 2 atom stereocenters. The third-order valence-corrected chi connectivity index (χ3v) is 8.22. The van der Waals surface area contributed by atoms with Crippen LogP contribution in [-0.2, 0) is 22.6 Å². The zero-order chi connectivity index (χ0) is 29.0. The van der Waals surface area contributed by atoms with Gasteiger partial charge in [0.15, 0.2) is 0 Å². The largest absolute Gasteiger partial charge is 0.489 e. The van der Waals surface area contributed by atoms with Gasteiger partial charge in [0.2, 0.25) is 0 Å². The fourth-order valence-electron chi connectivity index (χ4n) is 5.77. The smallest absolute Gasteiger partial charge is 0.312 e. The van der Waals surface area contributed by atoms with Gasteiger partial charge in [0.05, 0.1) is 23.4 Å². The molecule has 3 aromatic rings. The Balaban J connectivity index is 1.77. The molecule has 1 aromatic heterocycles. The summed E-state index contributed by atoms with van der Waals surface area (Å²) < 4.78 is 11.9. The zero-order valence-corrected chi connectivity index (χ0v) is 25.0. The number of anilines is 2. The van der Waals surface area contributed by atoms with Crippen LogP contribution in [0.4, 0.5) is 11.4 Å². The van der Waals surface area contributed by atoms with E-state index in [9.17, 15) is 4.79 Å². The minimum absolute atomic E-state index is 0.110. The van der Waals surface area contributed by atoms with E-state index in [1.807, 2.05) is 53.1 Å². The normalized spacial score (nSPS) is 16.4. The summed E-state index contributed by atoms with van der Waals surface area (Å²) in [5.74, 6) is 0.446. The number of esters is 1. The molecule has 0 saturated carbocycles. The molecule has 1 aliphatic heterocycles. The van der Waals surface area contributed by atoms with Crippen LogP contribution in [-0.4, -0.2) is 42.2 Å². The van der Waals surface area contributed by atoms with E-state index in [1.165, 1.54) is 11.1 Å². The van der Waals surface area contributed by atoms with Gasteiger partial charge in [-0.25, -0.2) is 0 Å². The number of rotatable bonds is 9. The molecule has 0 amide bonds. The molecule has 1 aliphatic rings. The molecular formula is C33H44N4O3. The maximum atomic E-state index is 13.4. The minimum atomic E-state index is -0.824. The predicted molar refractivity (Wildman–Crippen MR) is 162 cm³/mol. The van der Waals surface area contributed by atoms with Crippen LogP contribution in [0.25, 0.3) is 0 Å². The van der Waals surface area contributed by atoms with Gasteiger partial charge in [-0.1, -0.05) is 31.2 Å². The van der Waals surface area contributed by atoms with Gasteiger partial charge in [0, 0.05) is 50.6 Å². The van der Waals surface area contributed by atoms with Gasteiger partial charge >= 0.3 is 5.97 Å². The third kappa shape index (κ3) is 5.94. The highest BCUT2D eigenvalue weighted by Gasteiger charge is 2.41. The second-order valence-corrected chi connectivity index (χ2v) is 11.4. The maximum absolute atomic E-state index is 13.4. The van der Waals surface area contributed by atoms with Gasteiger partial charge in [-0.3, -0.25) is 14.7 Å². The number of nitrogen functional groups attached to an aromatic ring is 1. The summed E-state index contributed by atoms with van der Waals surface area (Å²) in [5.41, 5.74) is 13.9. The van der Waals surface area contributed by atoms with Crippen molar-refractivity contribution >= 4 is 17.3 Å². The van der Waals surface area contributed by atoms with Crippen molar-refractivity contribution in [3.05, 3.63) is 82.2 Å². The number of nitrogens with zero attached hydrogens (tertiary/aromatic N) is 2. The van der Waals surface area contributed by atoms with Crippen molar-refractivity contribution in [3.8, 4) is 5.75 Å². The Hall–Kier alpha value is -3.58. The Morgan fingerprint density at radius 3 is 2.70 bits per heavy atom. The first-order valence-electron chi connectivity index (χ1n) is 14.3. The molecule has 0 spiro atoms. The first-order valence-corrected chi connectivity index (χ1v) is 14.3. The summed E-state index contributed by atoms with van der Waals surface area (Å²) in [6.07, 6.45) is 4.73. The SMILES string of the molecule is CCOC(=O)C(C)(C)[C@@H](c1ccc(C)c(CN2Cc3cnccc3O[C@H](CC)C2)c1)c1ccc(NC)c(N)c1C. The molecular weight excluding hydrogens is 500 g/mol. The van der Waals surface area contributed by atoms with E-state index in [0.717, 1.165) is 59.7 Å². The summed E-state index contributed by atoms with van der Waals surface area (Å²) in [6, 6.07) is 12.6. The lowest BCUT2D eigenvalue weighted by Crippen LogP contribution is -2.35. The van der Waals surface area contributed by atoms with Crippen LogP contribution in [0.3, 0.4) is 0 Å². The topological polar surface area (TPSA) is 89.7 Å².